The molecule has 0 fully saturated rings. The van der Waals surface area contributed by atoms with E-state index in [0.29, 0.717) is 12.3 Å². The average molecular weight is 247 g/mol. The minimum atomic E-state index is -0.170. The number of halogens is 1. The van der Waals surface area contributed by atoms with Gasteiger partial charge in [-0.2, -0.15) is 0 Å². The second-order valence-electron chi connectivity index (χ2n) is 3.73. The maximum Gasteiger partial charge on any atom is 0.127 e. The van der Waals surface area contributed by atoms with Crippen molar-refractivity contribution in [2.24, 2.45) is 5.73 Å². The summed E-state index contributed by atoms with van der Waals surface area (Å²) in [4.78, 5) is 1.15. The van der Waals surface area contributed by atoms with Crippen molar-refractivity contribution >= 4 is 11.8 Å². The zero-order valence-corrected chi connectivity index (χ0v) is 10.2. The molecule has 0 aliphatic heterocycles. The highest BCUT2D eigenvalue weighted by Crippen LogP contribution is 2.24. The van der Waals surface area contributed by atoms with E-state index in [1.54, 1.807) is 11.8 Å². The van der Waals surface area contributed by atoms with Crippen LogP contribution in [0.4, 0.5) is 4.39 Å². The van der Waals surface area contributed by atoms with Gasteiger partial charge in [0.05, 0.1) is 0 Å². The quantitative estimate of drug-likeness (QED) is 0.836. The van der Waals surface area contributed by atoms with Crippen molar-refractivity contribution < 1.29 is 4.39 Å². The van der Waals surface area contributed by atoms with E-state index in [1.165, 1.54) is 6.07 Å². The van der Waals surface area contributed by atoms with E-state index in [2.05, 4.69) is 0 Å². The zero-order chi connectivity index (χ0) is 12.1. The summed E-state index contributed by atoms with van der Waals surface area (Å²) < 4.78 is 13.7. The van der Waals surface area contributed by atoms with Crippen molar-refractivity contribution in [1.82, 2.24) is 0 Å². The predicted octanol–water partition coefficient (Wildman–Crippen LogP) is 3.58. The molecule has 88 valence electrons. The van der Waals surface area contributed by atoms with E-state index < -0.39 is 0 Å². The van der Waals surface area contributed by atoms with Gasteiger partial charge in [0, 0.05) is 17.2 Å². The number of thioether (sulfide) groups is 1. The van der Waals surface area contributed by atoms with Crippen LogP contribution in [0.25, 0.3) is 0 Å². The number of nitrogens with two attached hydrogens (primary N) is 1. The number of hydrogen-bond acceptors (Lipinski definition) is 2. The van der Waals surface area contributed by atoms with E-state index in [1.807, 2.05) is 42.5 Å². The molecule has 0 spiro atoms. The second kappa shape index (κ2) is 5.84. The Morgan fingerprint density at radius 3 is 2.47 bits per heavy atom. The first kappa shape index (κ1) is 12.1. The molecule has 0 radical (unpaired) electrons. The Labute approximate surface area is 105 Å². The summed E-state index contributed by atoms with van der Waals surface area (Å²) in [7, 11) is 0. The van der Waals surface area contributed by atoms with Crippen LogP contribution in [0.1, 0.15) is 11.1 Å². The van der Waals surface area contributed by atoms with Crippen molar-refractivity contribution in [3.63, 3.8) is 0 Å². The lowest BCUT2D eigenvalue weighted by molar-refractivity contribution is 0.615. The van der Waals surface area contributed by atoms with Gasteiger partial charge in [-0.1, -0.05) is 30.3 Å². The topological polar surface area (TPSA) is 26.0 Å². The Hall–Kier alpha value is -1.32. The lowest BCUT2D eigenvalue weighted by Gasteiger charge is -2.05. The van der Waals surface area contributed by atoms with Gasteiger partial charge in [-0.25, -0.2) is 4.39 Å². The fourth-order valence-electron chi connectivity index (χ4n) is 1.51. The van der Waals surface area contributed by atoms with Crippen LogP contribution in [-0.4, -0.2) is 0 Å². The SMILES string of the molecule is NCc1ccc(CSc2ccccc2)c(F)c1. The third kappa shape index (κ3) is 3.32. The highest BCUT2D eigenvalue weighted by atomic mass is 32.2. The van der Waals surface area contributed by atoms with Crippen LogP contribution in [0.3, 0.4) is 0 Å². The summed E-state index contributed by atoms with van der Waals surface area (Å²) in [6, 6.07) is 15.2. The molecule has 0 heterocycles. The molecular weight excluding hydrogens is 233 g/mol. The van der Waals surface area contributed by atoms with Crippen LogP contribution in [0.15, 0.2) is 53.4 Å². The van der Waals surface area contributed by atoms with Gasteiger partial charge in [-0.15, -0.1) is 11.8 Å². The van der Waals surface area contributed by atoms with Gasteiger partial charge in [0.1, 0.15) is 5.82 Å². The molecule has 3 heteroatoms. The predicted molar refractivity (Wildman–Crippen MR) is 70.3 cm³/mol. The first-order chi connectivity index (χ1) is 8.29. The zero-order valence-electron chi connectivity index (χ0n) is 9.40. The van der Waals surface area contributed by atoms with Crippen molar-refractivity contribution in [2.75, 3.05) is 0 Å². The highest BCUT2D eigenvalue weighted by molar-refractivity contribution is 7.98. The molecular formula is C14H14FNS. The van der Waals surface area contributed by atoms with E-state index in [-0.39, 0.29) is 5.82 Å². The van der Waals surface area contributed by atoms with Gasteiger partial charge >= 0.3 is 0 Å². The first-order valence-electron chi connectivity index (χ1n) is 5.45. The molecule has 1 nitrogen and oxygen atoms in total. The fraction of sp³-hybridized carbons (Fsp3) is 0.143. The molecule has 2 N–H and O–H groups in total. The van der Waals surface area contributed by atoms with Gasteiger partial charge in [-0.3, -0.25) is 0 Å². The summed E-state index contributed by atoms with van der Waals surface area (Å²) in [5, 5.41) is 0. The van der Waals surface area contributed by atoms with Crippen molar-refractivity contribution in [3.05, 3.63) is 65.5 Å². The van der Waals surface area contributed by atoms with Crippen LogP contribution in [0.5, 0.6) is 0 Å². The smallest absolute Gasteiger partial charge is 0.127 e. The molecule has 0 aromatic heterocycles. The average Bonchev–Trinajstić information content (AvgIpc) is 2.38. The molecule has 0 unspecified atom stereocenters. The molecule has 0 saturated heterocycles. The normalized spacial score (nSPS) is 10.5. The summed E-state index contributed by atoms with van der Waals surface area (Å²) >= 11 is 1.63. The maximum atomic E-state index is 13.7. The van der Waals surface area contributed by atoms with Crippen LogP contribution in [0, 0.1) is 5.82 Å². The fourth-order valence-corrected chi connectivity index (χ4v) is 2.42. The van der Waals surface area contributed by atoms with Crippen LogP contribution >= 0.6 is 11.8 Å². The van der Waals surface area contributed by atoms with Gasteiger partial charge in [-0.05, 0) is 29.3 Å². The largest absolute Gasteiger partial charge is 0.326 e. The number of rotatable bonds is 4. The lowest BCUT2D eigenvalue weighted by atomic mass is 10.1. The summed E-state index contributed by atoms with van der Waals surface area (Å²) in [6.07, 6.45) is 0. The monoisotopic (exact) mass is 247 g/mol. The second-order valence-corrected chi connectivity index (χ2v) is 4.78. The van der Waals surface area contributed by atoms with E-state index in [9.17, 15) is 4.39 Å². The first-order valence-corrected chi connectivity index (χ1v) is 6.43. The Morgan fingerprint density at radius 2 is 1.82 bits per heavy atom. The molecule has 0 aliphatic carbocycles. The molecule has 0 aliphatic rings. The molecule has 2 rings (SSSR count). The molecule has 0 amide bonds. The van der Waals surface area contributed by atoms with Gasteiger partial charge in [0.15, 0.2) is 0 Å². The molecule has 2 aromatic carbocycles. The highest BCUT2D eigenvalue weighted by Gasteiger charge is 2.03. The minimum Gasteiger partial charge on any atom is -0.326 e. The number of hydrogen-bond donors (Lipinski definition) is 1. The lowest BCUT2D eigenvalue weighted by Crippen LogP contribution is -1.98. The Balaban J connectivity index is 2.04. The molecule has 17 heavy (non-hydrogen) atoms. The molecule has 0 bridgehead atoms. The Morgan fingerprint density at radius 1 is 1.06 bits per heavy atom. The molecule has 2 aromatic rings. The van der Waals surface area contributed by atoms with Crippen LogP contribution < -0.4 is 5.73 Å². The summed E-state index contributed by atoms with van der Waals surface area (Å²) in [6.45, 7) is 0.378. The maximum absolute atomic E-state index is 13.7. The van der Waals surface area contributed by atoms with Crippen molar-refractivity contribution in [1.29, 1.82) is 0 Å². The Bertz CT molecular complexity index is 485. The standard InChI is InChI=1S/C14H14FNS/c15-14-8-11(9-16)6-7-12(14)10-17-13-4-2-1-3-5-13/h1-8H,9-10,16H2. The van der Waals surface area contributed by atoms with Crippen LogP contribution in [-0.2, 0) is 12.3 Å². The van der Waals surface area contributed by atoms with Crippen molar-refractivity contribution in [2.45, 2.75) is 17.2 Å². The van der Waals surface area contributed by atoms with Crippen molar-refractivity contribution in [3.8, 4) is 0 Å². The molecule has 0 saturated carbocycles. The Kier molecular flexibility index (Phi) is 4.18. The van der Waals surface area contributed by atoms with Crippen LogP contribution in [0.2, 0.25) is 0 Å². The molecule has 0 atom stereocenters. The van der Waals surface area contributed by atoms with Gasteiger partial charge in [0.2, 0.25) is 0 Å². The minimum absolute atomic E-state index is 0.170. The summed E-state index contributed by atoms with van der Waals surface area (Å²) in [5.41, 5.74) is 7.01. The van der Waals surface area contributed by atoms with Gasteiger partial charge in [0.25, 0.3) is 0 Å². The third-order valence-electron chi connectivity index (χ3n) is 2.49. The number of benzene rings is 2. The van der Waals surface area contributed by atoms with E-state index in [4.69, 9.17) is 5.73 Å². The summed E-state index contributed by atoms with van der Waals surface area (Å²) in [5.74, 6) is 0.470. The van der Waals surface area contributed by atoms with E-state index >= 15 is 0 Å². The van der Waals surface area contributed by atoms with Gasteiger partial charge < -0.3 is 5.73 Å². The third-order valence-corrected chi connectivity index (χ3v) is 3.55. The van der Waals surface area contributed by atoms with E-state index in [0.717, 1.165) is 16.0 Å².